The van der Waals surface area contributed by atoms with Gasteiger partial charge in [0.2, 0.25) is 0 Å². The number of hydrogen-bond donors (Lipinski definition) is 2. The van der Waals surface area contributed by atoms with Crippen LogP contribution in [-0.2, 0) is 0 Å². The minimum atomic E-state index is 0.640. The molecule has 3 rings (SSSR count). The van der Waals surface area contributed by atoms with Crippen molar-refractivity contribution in [2.75, 3.05) is 11.1 Å². The number of pyridine rings is 1. The number of nitrogen functional groups attached to an aromatic ring is 1. The summed E-state index contributed by atoms with van der Waals surface area (Å²) in [6.45, 7) is 1.92. The Kier molecular flexibility index (Phi) is 3.17. The smallest absolute Gasteiger partial charge is 0.102 e. The number of anilines is 3. The van der Waals surface area contributed by atoms with Gasteiger partial charge in [0.25, 0.3) is 0 Å². The second-order valence-corrected chi connectivity index (χ2v) is 4.84. The molecule has 4 heteroatoms. The summed E-state index contributed by atoms with van der Waals surface area (Å²) in [6, 6.07) is 15.5. The van der Waals surface area contributed by atoms with Crippen LogP contribution in [0.2, 0.25) is 0 Å². The predicted molar refractivity (Wildman–Crippen MR) is 85.3 cm³/mol. The maximum atomic E-state index is 9.31. The molecule has 4 nitrogen and oxygen atoms in total. The third-order valence-electron chi connectivity index (χ3n) is 3.46. The molecule has 3 N–H and O–H groups in total. The minimum Gasteiger partial charge on any atom is -0.397 e. The molecule has 3 aromatic rings. The second-order valence-electron chi connectivity index (χ2n) is 4.84. The van der Waals surface area contributed by atoms with Crippen molar-refractivity contribution < 1.29 is 0 Å². The molecular weight excluding hydrogens is 260 g/mol. The van der Waals surface area contributed by atoms with Gasteiger partial charge >= 0.3 is 0 Å². The lowest BCUT2D eigenvalue weighted by atomic mass is 10.1. The number of aryl methyl sites for hydroxylation is 1. The molecule has 0 fully saturated rings. The van der Waals surface area contributed by atoms with Crippen LogP contribution < -0.4 is 11.1 Å². The van der Waals surface area contributed by atoms with Crippen molar-refractivity contribution in [3.05, 3.63) is 59.8 Å². The summed E-state index contributed by atoms with van der Waals surface area (Å²) in [6.07, 6.45) is 1.71. The monoisotopic (exact) mass is 274 g/mol. The van der Waals surface area contributed by atoms with Crippen molar-refractivity contribution in [1.82, 2.24) is 4.98 Å². The first-order valence-electron chi connectivity index (χ1n) is 6.60. The molecule has 0 bridgehead atoms. The highest BCUT2D eigenvalue weighted by molar-refractivity contribution is 5.99. The SMILES string of the molecule is Cc1cccc(Nc2ccnc3c(N)cccc23)c1C#N. The van der Waals surface area contributed by atoms with E-state index in [4.69, 9.17) is 5.73 Å². The number of nitriles is 1. The van der Waals surface area contributed by atoms with Crippen molar-refractivity contribution >= 4 is 28.0 Å². The molecule has 0 unspecified atom stereocenters. The molecule has 0 aliphatic rings. The Morgan fingerprint density at radius 2 is 1.90 bits per heavy atom. The van der Waals surface area contributed by atoms with E-state index in [1.165, 1.54) is 0 Å². The minimum absolute atomic E-state index is 0.640. The Morgan fingerprint density at radius 3 is 2.71 bits per heavy atom. The molecule has 1 heterocycles. The Labute approximate surface area is 122 Å². The zero-order valence-electron chi connectivity index (χ0n) is 11.6. The Hall–Kier alpha value is -3.06. The zero-order chi connectivity index (χ0) is 14.8. The van der Waals surface area contributed by atoms with Crippen molar-refractivity contribution in [3.8, 4) is 6.07 Å². The summed E-state index contributed by atoms with van der Waals surface area (Å²) in [5.74, 6) is 0. The fourth-order valence-electron chi connectivity index (χ4n) is 2.37. The molecule has 102 valence electrons. The van der Waals surface area contributed by atoms with Gasteiger partial charge in [-0.25, -0.2) is 0 Å². The van der Waals surface area contributed by atoms with Gasteiger partial charge in [0.15, 0.2) is 0 Å². The van der Waals surface area contributed by atoms with Gasteiger partial charge in [0.1, 0.15) is 6.07 Å². The molecule has 0 amide bonds. The predicted octanol–water partition coefficient (Wildman–Crippen LogP) is 3.74. The Bertz CT molecular complexity index is 862. The largest absolute Gasteiger partial charge is 0.397 e. The molecule has 0 aliphatic heterocycles. The lowest BCUT2D eigenvalue weighted by molar-refractivity contribution is 1.37. The van der Waals surface area contributed by atoms with Crippen LogP contribution in [0.3, 0.4) is 0 Å². The first-order valence-corrected chi connectivity index (χ1v) is 6.60. The fourth-order valence-corrected chi connectivity index (χ4v) is 2.37. The Balaban J connectivity index is 2.14. The molecule has 0 atom stereocenters. The summed E-state index contributed by atoms with van der Waals surface area (Å²) < 4.78 is 0. The lowest BCUT2D eigenvalue weighted by Crippen LogP contribution is -1.98. The van der Waals surface area contributed by atoms with Gasteiger partial charge in [0, 0.05) is 17.3 Å². The van der Waals surface area contributed by atoms with E-state index < -0.39 is 0 Å². The number of rotatable bonds is 2. The van der Waals surface area contributed by atoms with Gasteiger partial charge in [-0.3, -0.25) is 4.98 Å². The standard InChI is InChI=1S/C17H14N4/c1-11-4-2-7-15(13(11)10-18)21-16-8-9-20-17-12(16)5-3-6-14(17)19/h2-9H,19H2,1H3,(H,20,21). The van der Waals surface area contributed by atoms with Gasteiger partial charge < -0.3 is 11.1 Å². The van der Waals surface area contributed by atoms with Crippen LogP contribution in [0.4, 0.5) is 17.1 Å². The third kappa shape index (κ3) is 2.26. The molecule has 1 aromatic heterocycles. The van der Waals surface area contributed by atoms with Gasteiger partial charge in [0.05, 0.1) is 22.5 Å². The zero-order valence-corrected chi connectivity index (χ0v) is 11.6. The number of nitrogens with one attached hydrogen (secondary N) is 1. The second kappa shape index (κ2) is 5.14. The highest BCUT2D eigenvalue weighted by atomic mass is 14.9. The van der Waals surface area contributed by atoms with E-state index in [-0.39, 0.29) is 0 Å². The van der Waals surface area contributed by atoms with Gasteiger partial charge in [-0.2, -0.15) is 5.26 Å². The van der Waals surface area contributed by atoms with Crippen LogP contribution in [0.1, 0.15) is 11.1 Å². The first-order chi connectivity index (χ1) is 10.2. The summed E-state index contributed by atoms with van der Waals surface area (Å²) in [7, 11) is 0. The van der Waals surface area contributed by atoms with Crippen LogP contribution in [0.5, 0.6) is 0 Å². The number of nitrogens with two attached hydrogens (primary N) is 1. The summed E-state index contributed by atoms with van der Waals surface area (Å²) >= 11 is 0. The van der Waals surface area contributed by atoms with Crippen molar-refractivity contribution in [1.29, 1.82) is 5.26 Å². The van der Waals surface area contributed by atoms with Crippen LogP contribution >= 0.6 is 0 Å². The lowest BCUT2D eigenvalue weighted by Gasteiger charge is -2.12. The molecule has 2 aromatic carbocycles. The summed E-state index contributed by atoms with van der Waals surface area (Å²) in [4.78, 5) is 4.31. The van der Waals surface area contributed by atoms with Gasteiger partial charge in [-0.1, -0.05) is 24.3 Å². The topological polar surface area (TPSA) is 74.7 Å². The number of para-hydroxylation sites is 1. The highest BCUT2D eigenvalue weighted by Gasteiger charge is 2.08. The third-order valence-corrected chi connectivity index (χ3v) is 3.46. The molecular formula is C17H14N4. The van der Waals surface area contributed by atoms with E-state index in [1.54, 1.807) is 6.20 Å². The number of fused-ring (bicyclic) bond motifs is 1. The maximum Gasteiger partial charge on any atom is 0.102 e. The van der Waals surface area contributed by atoms with Crippen LogP contribution in [0.25, 0.3) is 10.9 Å². The summed E-state index contributed by atoms with van der Waals surface area (Å²) in [5, 5.41) is 13.6. The van der Waals surface area contributed by atoms with Crippen LogP contribution in [0.15, 0.2) is 48.7 Å². The molecule has 0 aliphatic carbocycles. The number of nitrogens with zero attached hydrogens (tertiary/aromatic N) is 2. The quantitative estimate of drug-likeness (QED) is 0.698. The summed E-state index contributed by atoms with van der Waals surface area (Å²) in [5.41, 5.74) is 10.6. The van der Waals surface area contributed by atoms with Gasteiger partial charge in [-0.05, 0) is 30.7 Å². The van der Waals surface area contributed by atoms with E-state index in [1.807, 2.05) is 49.4 Å². The molecule has 0 radical (unpaired) electrons. The first kappa shape index (κ1) is 12.9. The van der Waals surface area contributed by atoms with E-state index in [9.17, 15) is 5.26 Å². The molecule has 0 saturated heterocycles. The number of hydrogen-bond acceptors (Lipinski definition) is 4. The average Bonchev–Trinajstić information content (AvgIpc) is 2.49. The van der Waals surface area contributed by atoms with Crippen molar-refractivity contribution in [3.63, 3.8) is 0 Å². The van der Waals surface area contributed by atoms with Crippen molar-refractivity contribution in [2.24, 2.45) is 0 Å². The molecule has 0 saturated carbocycles. The van der Waals surface area contributed by atoms with E-state index in [0.29, 0.717) is 11.3 Å². The van der Waals surface area contributed by atoms with E-state index in [2.05, 4.69) is 16.4 Å². The van der Waals surface area contributed by atoms with Crippen LogP contribution in [-0.4, -0.2) is 4.98 Å². The van der Waals surface area contributed by atoms with E-state index in [0.717, 1.165) is 27.8 Å². The normalized spacial score (nSPS) is 10.3. The Morgan fingerprint density at radius 1 is 1.10 bits per heavy atom. The molecule has 21 heavy (non-hydrogen) atoms. The van der Waals surface area contributed by atoms with E-state index >= 15 is 0 Å². The van der Waals surface area contributed by atoms with Gasteiger partial charge in [-0.15, -0.1) is 0 Å². The maximum absolute atomic E-state index is 9.31. The highest BCUT2D eigenvalue weighted by Crippen LogP contribution is 2.29. The number of benzene rings is 2. The molecule has 0 spiro atoms. The average molecular weight is 274 g/mol. The number of aromatic nitrogens is 1. The van der Waals surface area contributed by atoms with Crippen molar-refractivity contribution in [2.45, 2.75) is 6.92 Å². The van der Waals surface area contributed by atoms with Crippen LogP contribution in [0, 0.1) is 18.3 Å². The fraction of sp³-hybridized carbons (Fsp3) is 0.0588.